The number of halogens is 2. The first kappa shape index (κ1) is 22.0. The van der Waals surface area contributed by atoms with Crippen LogP contribution in [0.2, 0.25) is 0 Å². The number of nitrogens with zero attached hydrogens (tertiary/aromatic N) is 1. The molecule has 2 rings (SSSR count). The highest BCUT2D eigenvalue weighted by Gasteiger charge is 2.46. The van der Waals surface area contributed by atoms with Crippen molar-refractivity contribution in [1.29, 1.82) is 0 Å². The number of carbonyl (C=O) groups is 2. The highest BCUT2D eigenvalue weighted by molar-refractivity contribution is 7.10. The molecule has 7 nitrogen and oxygen atoms in total. The molecule has 0 aliphatic carbocycles. The Balaban J connectivity index is 2.10. The lowest BCUT2D eigenvalue weighted by atomic mass is 9.95. The molecular formula is C19H15F2N3O4S. The Labute approximate surface area is 168 Å². The number of alkyl halides is 2. The van der Waals surface area contributed by atoms with Crippen molar-refractivity contribution in [3.05, 3.63) is 52.0 Å². The monoisotopic (exact) mass is 419 g/mol. The van der Waals surface area contributed by atoms with Crippen LogP contribution in [0.5, 0.6) is 0 Å². The van der Waals surface area contributed by atoms with E-state index in [1.807, 2.05) is 5.32 Å². The number of benzene rings is 1. The standard InChI is InChI=1S/C19H15F2N3O4S/c1-19(27,18(20)21)15(17(26)24-28)23-16(25)13-8-6-12(7-9-13)4-2-3-5-14-10-22-11-29-14/h6-11,15,18,27-28H,1H3,(H,23,25)(H,24,26). The molecule has 0 fully saturated rings. The van der Waals surface area contributed by atoms with Crippen molar-refractivity contribution >= 4 is 23.2 Å². The van der Waals surface area contributed by atoms with E-state index in [9.17, 15) is 23.5 Å². The van der Waals surface area contributed by atoms with Crippen molar-refractivity contribution in [3.8, 4) is 23.7 Å². The van der Waals surface area contributed by atoms with Crippen LogP contribution in [0, 0.1) is 23.7 Å². The number of nitrogens with one attached hydrogen (secondary N) is 2. The second-order valence-corrected chi connectivity index (χ2v) is 6.74. The van der Waals surface area contributed by atoms with Gasteiger partial charge in [0, 0.05) is 11.1 Å². The van der Waals surface area contributed by atoms with E-state index < -0.39 is 29.9 Å². The van der Waals surface area contributed by atoms with Gasteiger partial charge in [-0.15, -0.1) is 11.3 Å². The van der Waals surface area contributed by atoms with Crippen LogP contribution in [0.4, 0.5) is 8.78 Å². The minimum atomic E-state index is -3.35. The third-order valence-electron chi connectivity index (χ3n) is 3.71. The maximum Gasteiger partial charge on any atom is 0.269 e. The molecule has 1 aromatic heterocycles. The number of amides is 2. The molecule has 4 N–H and O–H groups in total. The van der Waals surface area contributed by atoms with Gasteiger partial charge in [0.15, 0.2) is 5.60 Å². The summed E-state index contributed by atoms with van der Waals surface area (Å²) in [5.74, 6) is 8.61. The number of rotatable bonds is 5. The van der Waals surface area contributed by atoms with Gasteiger partial charge in [-0.2, -0.15) is 0 Å². The van der Waals surface area contributed by atoms with Gasteiger partial charge in [-0.3, -0.25) is 19.8 Å². The third-order valence-corrected chi connectivity index (χ3v) is 4.40. The molecule has 10 heteroatoms. The van der Waals surface area contributed by atoms with Crippen LogP contribution < -0.4 is 10.8 Å². The van der Waals surface area contributed by atoms with Crippen LogP contribution in [-0.4, -0.2) is 45.2 Å². The fraction of sp³-hybridized carbons (Fsp3) is 0.211. The number of hydrogen-bond acceptors (Lipinski definition) is 6. The molecule has 0 saturated carbocycles. The number of hydrogen-bond donors (Lipinski definition) is 4. The minimum absolute atomic E-state index is 0.0344. The van der Waals surface area contributed by atoms with Gasteiger partial charge < -0.3 is 10.4 Å². The van der Waals surface area contributed by atoms with Gasteiger partial charge in [0.2, 0.25) is 0 Å². The van der Waals surface area contributed by atoms with Gasteiger partial charge in [-0.1, -0.05) is 5.92 Å². The molecule has 150 valence electrons. The molecule has 0 aliphatic heterocycles. The summed E-state index contributed by atoms with van der Waals surface area (Å²) < 4.78 is 26.0. The summed E-state index contributed by atoms with van der Waals surface area (Å²) in [4.78, 5) is 28.5. The summed E-state index contributed by atoms with van der Waals surface area (Å²) in [5.41, 5.74) is 0.481. The molecule has 0 bridgehead atoms. The SMILES string of the molecule is CC(O)(C(F)F)C(NC(=O)c1ccc(C#CC#Cc2cncs2)cc1)C(=O)NO. The molecule has 1 aromatic carbocycles. The number of aromatic nitrogens is 1. The summed E-state index contributed by atoms with van der Waals surface area (Å²) in [6.07, 6.45) is -1.74. The van der Waals surface area contributed by atoms with E-state index >= 15 is 0 Å². The van der Waals surface area contributed by atoms with Gasteiger partial charge in [0.25, 0.3) is 18.2 Å². The molecule has 0 spiro atoms. The second kappa shape index (κ2) is 9.75. The molecule has 0 aliphatic rings. The summed E-state index contributed by atoms with van der Waals surface area (Å²) in [6, 6.07) is 3.65. The van der Waals surface area contributed by atoms with E-state index in [0.717, 1.165) is 10.4 Å². The number of carbonyl (C=O) groups excluding carboxylic acids is 2. The highest BCUT2D eigenvalue weighted by Crippen LogP contribution is 2.20. The minimum Gasteiger partial charge on any atom is -0.381 e. The zero-order valence-electron chi connectivity index (χ0n) is 14.9. The Bertz CT molecular complexity index is 984. The van der Waals surface area contributed by atoms with Crippen molar-refractivity contribution in [2.75, 3.05) is 0 Å². The van der Waals surface area contributed by atoms with Crippen LogP contribution in [-0.2, 0) is 4.79 Å². The Morgan fingerprint density at radius 1 is 1.21 bits per heavy atom. The third kappa shape index (κ3) is 5.83. The first-order valence-corrected chi connectivity index (χ1v) is 8.89. The van der Waals surface area contributed by atoms with E-state index in [-0.39, 0.29) is 5.56 Å². The lowest BCUT2D eigenvalue weighted by molar-refractivity contribution is -0.149. The molecule has 0 radical (unpaired) electrons. The van der Waals surface area contributed by atoms with Crippen LogP contribution in [0.15, 0.2) is 36.0 Å². The van der Waals surface area contributed by atoms with E-state index in [1.54, 1.807) is 11.7 Å². The predicted octanol–water partition coefficient (Wildman–Crippen LogP) is 1.17. The molecular weight excluding hydrogens is 404 g/mol. The van der Waals surface area contributed by atoms with Crippen LogP contribution in [0.3, 0.4) is 0 Å². The molecule has 2 aromatic rings. The highest BCUT2D eigenvalue weighted by atomic mass is 32.1. The van der Waals surface area contributed by atoms with Crippen molar-refractivity contribution in [3.63, 3.8) is 0 Å². The lowest BCUT2D eigenvalue weighted by Gasteiger charge is -2.30. The maximum atomic E-state index is 13.0. The zero-order chi connectivity index (χ0) is 21.4. The van der Waals surface area contributed by atoms with E-state index in [4.69, 9.17) is 5.21 Å². The molecule has 2 unspecified atom stereocenters. The van der Waals surface area contributed by atoms with Crippen LogP contribution in [0.25, 0.3) is 0 Å². The predicted molar refractivity (Wildman–Crippen MR) is 100 cm³/mol. The average Bonchev–Trinajstić information content (AvgIpc) is 3.22. The maximum absolute atomic E-state index is 13.0. The number of aliphatic hydroxyl groups is 1. The zero-order valence-corrected chi connectivity index (χ0v) is 15.8. The quantitative estimate of drug-likeness (QED) is 0.330. The summed E-state index contributed by atoms with van der Waals surface area (Å²) >= 11 is 1.38. The fourth-order valence-corrected chi connectivity index (χ4v) is 2.53. The van der Waals surface area contributed by atoms with Gasteiger partial charge in [-0.05, 0) is 49.0 Å². The second-order valence-electron chi connectivity index (χ2n) is 5.85. The molecule has 1 heterocycles. The Hall–Kier alpha value is -3.31. The first-order valence-electron chi connectivity index (χ1n) is 8.01. The lowest BCUT2D eigenvalue weighted by Crippen LogP contribution is -2.61. The van der Waals surface area contributed by atoms with Crippen LogP contribution >= 0.6 is 11.3 Å². The number of hydroxylamine groups is 1. The van der Waals surface area contributed by atoms with Crippen molar-refractivity contribution in [1.82, 2.24) is 15.8 Å². The Morgan fingerprint density at radius 2 is 1.86 bits per heavy atom. The first-order chi connectivity index (χ1) is 13.8. The average molecular weight is 419 g/mol. The van der Waals surface area contributed by atoms with Crippen molar-refractivity contribution in [2.24, 2.45) is 0 Å². The summed E-state index contributed by atoms with van der Waals surface area (Å²) in [7, 11) is 0. The largest absolute Gasteiger partial charge is 0.381 e. The van der Waals surface area contributed by atoms with Gasteiger partial charge in [-0.25, -0.2) is 14.3 Å². The number of thiazole rings is 1. The van der Waals surface area contributed by atoms with Gasteiger partial charge >= 0.3 is 0 Å². The Kier molecular flexibility index (Phi) is 7.39. The summed E-state index contributed by atoms with van der Waals surface area (Å²) in [5, 5.41) is 20.5. The van der Waals surface area contributed by atoms with Crippen LogP contribution in [0.1, 0.15) is 27.7 Å². The van der Waals surface area contributed by atoms with E-state index in [2.05, 4.69) is 28.7 Å². The van der Waals surface area contributed by atoms with E-state index in [0.29, 0.717) is 12.5 Å². The molecule has 2 amide bonds. The smallest absolute Gasteiger partial charge is 0.269 e. The van der Waals surface area contributed by atoms with Gasteiger partial charge in [0.1, 0.15) is 6.04 Å². The Morgan fingerprint density at radius 3 is 2.41 bits per heavy atom. The molecule has 0 saturated heterocycles. The molecule has 2 atom stereocenters. The van der Waals surface area contributed by atoms with Crippen molar-refractivity contribution in [2.45, 2.75) is 25.0 Å². The topological polar surface area (TPSA) is 112 Å². The van der Waals surface area contributed by atoms with E-state index in [1.165, 1.54) is 35.6 Å². The van der Waals surface area contributed by atoms with Gasteiger partial charge in [0.05, 0.1) is 16.6 Å². The fourth-order valence-electron chi connectivity index (χ4n) is 2.06. The molecule has 29 heavy (non-hydrogen) atoms. The normalized spacial score (nSPS) is 13.2. The summed E-state index contributed by atoms with van der Waals surface area (Å²) in [6.45, 7) is 0.670. The van der Waals surface area contributed by atoms with Crippen molar-refractivity contribution < 1.29 is 28.7 Å².